The third-order valence-electron chi connectivity index (χ3n) is 10.3. The molecular formula is C58H110N4O14. The van der Waals surface area contributed by atoms with Crippen molar-refractivity contribution >= 4 is 46.5 Å². The summed E-state index contributed by atoms with van der Waals surface area (Å²) in [7, 11) is 7.04. The van der Waals surface area contributed by atoms with Crippen molar-refractivity contribution in [1.29, 1.82) is 0 Å². The molecule has 0 aromatic heterocycles. The number of carbonyl (C=O) groups excluding carboxylic acids is 7. The van der Waals surface area contributed by atoms with Gasteiger partial charge in [-0.1, -0.05) is 141 Å². The van der Waals surface area contributed by atoms with Gasteiger partial charge in [0.1, 0.15) is 30.6 Å². The molecule has 1 aromatic carbocycles. The van der Waals surface area contributed by atoms with Crippen LogP contribution in [0.25, 0.3) is 0 Å². The van der Waals surface area contributed by atoms with Gasteiger partial charge in [0, 0.05) is 68.5 Å². The Morgan fingerprint density at radius 2 is 0.882 bits per heavy atom. The number of methoxy groups -OCH3 is 2. The maximum Gasteiger partial charge on any atom is 0.303 e. The summed E-state index contributed by atoms with van der Waals surface area (Å²) in [5, 5.41) is 8.25. The van der Waals surface area contributed by atoms with Gasteiger partial charge in [-0.25, -0.2) is 0 Å². The third-order valence-corrected chi connectivity index (χ3v) is 10.3. The molecule has 0 aliphatic carbocycles. The van der Waals surface area contributed by atoms with Crippen molar-refractivity contribution in [1.82, 2.24) is 4.90 Å². The molecule has 0 fully saturated rings. The van der Waals surface area contributed by atoms with Crippen LogP contribution in [0.4, 0.5) is 0 Å². The normalized spacial score (nSPS) is 11.4. The Morgan fingerprint density at radius 3 is 1.17 bits per heavy atom. The smallest absolute Gasteiger partial charge is 0.303 e. The number of ketones is 7. The number of carboxylic acids is 1. The minimum absolute atomic E-state index is 0.0220. The summed E-state index contributed by atoms with van der Waals surface area (Å²) in [5.41, 5.74) is 17.6. The van der Waals surface area contributed by atoms with Gasteiger partial charge in [-0.2, -0.15) is 0 Å². The fourth-order valence-corrected chi connectivity index (χ4v) is 4.73. The number of carboxylic acid groups (broad SMARTS) is 1. The molecule has 0 aliphatic heterocycles. The number of rotatable bonds is 32. The fraction of sp³-hybridized carbons (Fsp3) is 0.759. The number of nitrogens with zero attached hydrogens (tertiary/aromatic N) is 1. The van der Waals surface area contributed by atoms with Gasteiger partial charge in [0.15, 0.2) is 23.1 Å². The van der Waals surface area contributed by atoms with E-state index in [0.29, 0.717) is 71.2 Å². The van der Waals surface area contributed by atoms with Crippen LogP contribution in [-0.4, -0.2) is 163 Å². The first kappa shape index (κ1) is 83.3. The lowest BCUT2D eigenvalue weighted by Crippen LogP contribution is -2.38. The summed E-state index contributed by atoms with van der Waals surface area (Å²) in [6.07, 6.45) is 1.59. The van der Waals surface area contributed by atoms with Gasteiger partial charge in [-0.05, 0) is 38.4 Å². The van der Waals surface area contributed by atoms with Crippen LogP contribution in [0.2, 0.25) is 0 Å². The van der Waals surface area contributed by atoms with Crippen molar-refractivity contribution in [3.05, 3.63) is 35.9 Å². The molecule has 0 heterocycles. The molecule has 0 spiro atoms. The molecule has 18 heteroatoms. The van der Waals surface area contributed by atoms with E-state index >= 15 is 0 Å². The predicted octanol–water partition coefficient (Wildman–Crippen LogP) is 7.15. The number of ether oxygens (including phenoxy) is 5. The third kappa shape index (κ3) is 59.3. The molecule has 18 nitrogen and oxygen atoms in total. The monoisotopic (exact) mass is 1090 g/mol. The summed E-state index contributed by atoms with van der Waals surface area (Å²) >= 11 is 0. The quantitative estimate of drug-likeness (QED) is 0.0521. The summed E-state index contributed by atoms with van der Waals surface area (Å²) < 4.78 is 24.8. The highest BCUT2D eigenvalue weighted by Gasteiger charge is 2.20. The Hall–Kier alpha value is -3.98. The molecule has 0 radical (unpaired) electrons. The van der Waals surface area contributed by atoms with E-state index in [0.717, 1.165) is 5.56 Å². The summed E-state index contributed by atoms with van der Waals surface area (Å²) in [6.45, 7) is 34.4. The van der Waals surface area contributed by atoms with Crippen molar-refractivity contribution in [2.45, 2.75) is 149 Å². The number of hydrogen-bond donors (Lipinski definition) is 4. The Bertz CT molecular complexity index is 1630. The van der Waals surface area contributed by atoms with Gasteiger partial charge in [-0.15, -0.1) is 0 Å². The van der Waals surface area contributed by atoms with E-state index in [-0.39, 0.29) is 120 Å². The fourth-order valence-electron chi connectivity index (χ4n) is 4.73. The predicted molar refractivity (Wildman–Crippen MR) is 305 cm³/mol. The lowest BCUT2D eigenvalue weighted by atomic mass is 9.94. The second-order valence-electron chi connectivity index (χ2n) is 20.7. The van der Waals surface area contributed by atoms with Gasteiger partial charge < -0.3 is 50.9 Å². The maximum atomic E-state index is 11.5. The van der Waals surface area contributed by atoms with Crippen molar-refractivity contribution < 1.29 is 67.1 Å². The van der Waals surface area contributed by atoms with Gasteiger partial charge in [0.2, 0.25) is 0 Å². The molecule has 2 atom stereocenters. The first-order chi connectivity index (χ1) is 35.2. The van der Waals surface area contributed by atoms with E-state index < -0.39 is 5.97 Å². The van der Waals surface area contributed by atoms with Crippen LogP contribution >= 0.6 is 0 Å². The van der Waals surface area contributed by atoms with E-state index in [9.17, 15) is 38.4 Å². The van der Waals surface area contributed by atoms with Crippen LogP contribution in [0.3, 0.4) is 0 Å². The average Bonchev–Trinajstić information content (AvgIpc) is 3.34. The Morgan fingerprint density at radius 1 is 0.500 bits per heavy atom. The molecular weight excluding hydrogens is 977 g/mol. The Labute approximate surface area is 460 Å². The first-order valence-electron chi connectivity index (χ1n) is 26.7. The Kier molecular flexibility index (Phi) is 59.6. The molecule has 0 amide bonds. The van der Waals surface area contributed by atoms with Gasteiger partial charge in [0.05, 0.1) is 64.8 Å². The van der Waals surface area contributed by atoms with Crippen LogP contribution in [0.15, 0.2) is 30.3 Å². The number of likely N-dealkylation sites (N-methyl/N-ethyl adjacent to an activating group) is 1. The van der Waals surface area contributed by atoms with E-state index in [1.807, 2.05) is 160 Å². The minimum Gasteiger partial charge on any atom is -0.481 e. The second kappa shape index (κ2) is 54.4. The van der Waals surface area contributed by atoms with Gasteiger partial charge >= 0.3 is 5.97 Å². The van der Waals surface area contributed by atoms with Crippen LogP contribution in [-0.2, 0) is 68.5 Å². The highest BCUT2D eigenvalue weighted by Crippen LogP contribution is 2.08. The van der Waals surface area contributed by atoms with E-state index in [1.54, 1.807) is 14.2 Å². The summed E-state index contributed by atoms with van der Waals surface area (Å²) in [5.74, 6) is 1.07. The van der Waals surface area contributed by atoms with Gasteiger partial charge in [0.25, 0.3) is 0 Å². The lowest BCUT2D eigenvalue weighted by molar-refractivity contribution is -0.137. The van der Waals surface area contributed by atoms with E-state index in [4.69, 9.17) is 46.0 Å². The zero-order valence-electron chi connectivity index (χ0n) is 51.0. The van der Waals surface area contributed by atoms with Gasteiger partial charge in [-0.3, -0.25) is 38.4 Å². The molecule has 0 bridgehead atoms. The molecule has 0 saturated carbocycles. The van der Waals surface area contributed by atoms with Crippen molar-refractivity contribution in [2.75, 3.05) is 94.3 Å². The molecule has 0 unspecified atom stereocenters. The first-order valence-corrected chi connectivity index (χ1v) is 26.7. The SMILES string of the molecule is CC(C)C(=O)CCCC(=O)O.CC(C)C(=O)CN.CC(C)C(=O)CN(C)C.CC(C)C(=O)[C@@H](N)C(C)C.CC(C)C(=O)[C@@H](N)Cc1ccccc1.COCCOCC(=O)C(C)C.COCCOCCOCC(=O)C(C)C. The van der Waals surface area contributed by atoms with E-state index in [1.165, 1.54) is 0 Å². The summed E-state index contributed by atoms with van der Waals surface area (Å²) in [6, 6.07) is 9.22. The molecule has 0 aliphatic rings. The molecule has 7 N–H and O–H groups in total. The van der Waals surface area contributed by atoms with Crippen LogP contribution in [0.5, 0.6) is 0 Å². The van der Waals surface area contributed by atoms with Crippen molar-refractivity contribution in [3.8, 4) is 0 Å². The molecule has 446 valence electrons. The number of benzene rings is 1. The van der Waals surface area contributed by atoms with Crippen LogP contribution in [0.1, 0.15) is 136 Å². The number of aliphatic carboxylic acids is 1. The second-order valence-corrected chi connectivity index (χ2v) is 20.7. The number of Topliss-reactive ketones (excluding diaryl/α,β-unsaturated/α-hetero) is 7. The van der Waals surface area contributed by atoms with Crippen LogP contribution < -0.4 is 17.2 Å². The molecule has 1 rings (SSSR count). The molecule has 0 saturated heterocycles. The summed E-state index contributed by atoms with van der Waals surface area (Å²) in [4.78, 5) is 88.9. The highest BCUT2D eigenvalue weighted by molar-refractivity contribution is 5.86. The molecule has 76 heavy (non-hydrogen) atoms. The number of hydrogen-bond acceptors (Lipinski definition) is 17. The highest BCUT2D eigenvalue weighted by atomic mass is 16.5. The topological polar surface area (TPSA) is 284 Å². The van der Waals surface area contributed by atoms with E-state index in [2.05, 4.69) is 0 Å². The molecule has 1 aromatic rings. The lowest BCUT2D eigenvalue weighted by Gasteiger charge is -2.15. The largest absolute Gasteiger partial charge is 0.481 e. The zero-order chi connectivity index (χ0) is 60.5. The Balaban J connectivity index is -0.000000190. The number of carbonyl (C=O) groups is 8. The van der Waals surface area contributed by atoms with Crippen molar-refractivity contribution in [3.63, 3.8) is 0 Å². The number of nitrogens with two attached hydrogens (primary N) is 3. The van der Waals surface area contributed by atoms with Crippen LogP contribution in [0, 0.1) is 47.3 Å². The minimum atomic E-state index is -0.832. The van der Waals surface area contributed by atoms with Crippen molar-refractivity contribution in [2.24, 2.45) is 64.5 Å². The average molecular weight is 1090 g/mol. The standard InChI is InChI=1S/C12H17NO.C10H20O4.C8H17NO.C8H16O3.C8H14O3.C7H15NO.C5H11NO/c1-9(2)12(14)11(13)8-10-6-4-3-5-7-10;1-9(2)10(11)8-14-7-6-13-5-4-12-3;1-5(2)7(9)8(10)6(3)4;1-7(2)8(9)6-11-5-4-10-3;1-6(2)7(9)4-3-5-8(10)11;1-6(2)7(9)5-8(3)4;1-4(2)5(7)3-6/h3-7,9,11H,8,13H2,1-2H3;9H,4-8H2,1-3H3;5-7H,9H2,1-4H3;7H,4-6H2,1-3H3;6H,3-5H2,1-2H3,(H,10,11);6H,5H2,1-4H3;4H,3,6H2,1-2H3/t11-;;7-;;;;/m0.0..../s1. The maximum absolute atomic E-state index is 11.5. The zero-order valence-corrected chi connectivity index (χ0v) is 51.0.